The van der Waals surface area contributed by atoms with Crippen LogP contribution in [0, 0.1) is 12.7 Å². The number of rotatable bonds is 6. The molecule has 2 aromatic heterocycles. The van der Waals surface area contributed by atoms with Gasteiger partial charge in [-0.1, -0.05) is 12.1 Å². The predicted octanol–water partition coefficient (Wildman–Crippen LogP) is 4.75. The zero-order chi connectivity index (χ0) is 28.3. The molecule has 0 saturated carbocycles. The summed E-state index contributed by atoms with van der Waals surface area (Å²) in [4.78, 5) is 32.9. The van der Waals surface area contributed by atoms with Crippen molar-refractivity contribution in [1.82, 2.24) is 20.1 Å². The summed E-state index contributed by atoms with van der Waals surface area (Å²) in [6.07, 6.45) is 2.16. The van der Waals surface area contributed by atoms with Crippen molar-refractivity contribution in [3.8, 4) is 10.6 Å². The van der Waals surface area contributed by atoms with Crippen LogP contribution < -0.4 is 15.5 Å². The van der Waals surface area contributed by atoms with Crippen molar-refractivity contribution < 1.29 is 23.5 Å². The Labute approximate surface area is 231 Å². The van der Waals surface area contributed by atoms with Gasteiger partial charge < -0.3 is 25.0 Å². The SMILES string of the molecule is CO[C@H]1CCN(c2c(NC(=O)c3nc(-c4ccccc4F)sc3C)cnn2C)CC[C@H]1NC(=O)OC(C)(C)C. The zero-order valence-corrected chi connectivity index (χ0v) is 23.9. The van der Waals surface area contributed by atoms with E-state index in [1.165, 1.54) is 17.4 Å². The Bertz CT molecular complexity index is 1330. The van der Waals surface area contributed by atoms with E-state index in [0.29, 0.717) is 47.1 Å². The number of halogens is 1. The molecule has 3 heterocycles. The molecule has 0 bridgehead atoms. The second kappa shape index (κ2) is 11.7. The Morgan fingerprint density at radius 1 is 1.18 bits per heavy atom. The van der Waals surface area contributed by atoms with Gasteiger partial charge in [0.1, 0.15) is 27.8 Å². The van der Waals surface area contributed by atoms with Crippen LogP contribution in [-0.2, 0) is 16.5 Å². The first kappa shape index (κ1) is 28.5. The molecule has 3 aromatic rings. The van der Waals surface area contributed by atoms with E-state index >= 15 is 0 Å². The number of anilines is 2. The minimum absolute atomic E-state index is 0.205. The molecule has 12 heteroatoms. The Balaban J connectivity index is 1.50. The summed E-state index contributed by atoms with van der Waals surface area (Å²) in [6, 6.07) is 6.13. The third kappa shape index (κ3) is 6.74. The van der Waals surface area contributed by atoms with Gasteiger partial charge in [0.15, 0.2) is 5.82 Å². The van der Waals surface area contributed by atoms with Crippen molar-refractivity contribution in [2.24, 2.45) is 7.05 Å². The average molecular weight is 559 g/mol. The minimum atomic E-state index is -0.600. The third-order valence-electron chi connectivity index (χ3n) is 6.42. The fraction of sp³-hybridized carbons (Fsp3) is 0.481. The molecule has 2 amide bonds. The van der Waals surface area contributed by atoms with E-state index in [4.69, 9.17) is 9.47 Å². The van der Waals surface area contributed by atoms with E-state index in [-0.39, 0.29) is 23.7 Å². The highest BCUT2D eigenvalue weighted by Crippen LogP contribution is 2.32. The Hall–Kier alpha value is -3.51. The van der Waals surface area contributed by atoms with Crippen molar-refractivity contribution in [2.75, 3.05) is 30.4 Å². The number of hydrogen-bond acceptors (Lipinski definition) is 8. The van der Waals surface area contributed by atoms with Crippen LogP contribution in [-0.4, -0.2) is 64.7 Å². The molecule has 39 heavy (non-hydrogen) atoms. The average Bonchev–Trinajstić information content (AvgIpc) is 3.35. The number of nitrogens with one attached hydrogen (secondary N) is 2. The molecule has 4 rings (SSSR count). The normalized spacial score (nSPS) is 18.0. The molecule has 0 aliphatic carbocycles. The largest absolute Gasteiger partial charge is 0.444 e. The molecular weight excluding hydrogens is 523 g/mol. The van der Waals surface area contributed by atoms with Gasteiger partial charge in [-0.05, 0) is 52.7 Å². The number of nitrogens with zero attached hydrogens (tertiary/aromatic N) is 4. The third-order valence-corrected chi connectivity index (χ3v) is 7.42. The first-order valence-corrected chi connectivity index (χ1v) is 13.6. The number of methoxy groups -OCH3 is 1. The number of thiazole rings is 1. The summed E-state index contributed by atoms with van der Waals surface area (Å²) in [6.45, 7) is 8.47. The second-order valence-electron chi connectivity index (χ2n) is 10.5. The molecule has 1 aromatic carbocycles. The molecule has 0 unspecified atom stereocenters. The standard InChI is InChI=1S/C27H35FN6O4S/c1-16-22(32-24(39-16)17-9-7-8-10-18(17)28)23(35)30-20-15-29-33(5)25(20)34-13-11-19(21(37-6)12-14-34)31-26(36)38-27(2,3)4/h7-10,15,19,21H,11-14H2,1-6H3,(H,30,35)(H,31,36)/t19-,21+/m1/s1. The fourth-order valence-corrected chi connectivity index (χ4v) is 5.57. The zero-order valence-electron chi connectivity index (χ0n) is 23.1. The van der Waals surface area contributed by atoms with Crippen LogP contribution in [0.5, 0.6) is 0 Å². The smallest absolute Gasteiger partial charge is 0.407 e. The van der Waals surface area contributed by atoms with Crippen molar-refractivity contribution in [3.05, 3.63) is 46.9 Å². The molecule has 2 atom stereocenters. The quantitative estimate of drug-likeness (QED) is 0.449. The number of benzene rings is 1. The van der Waals surface area contributed by atoms with E-state index in [2.05, 4.69) is 25.6 Å². The number of ether oxygens (including phenoxy) is 2. The van der Waals surface area contributed by atoms with Crippen LogP contribution in [0.15, 0.2) is 30.5 Å². The lowest BCUT2D eigenvalue weighted by Gasteiger charge is -2.26. The summed E-state index contributed by atoms with van der Waals surface area (Å²) >= 11 is 1.27. The summed E-state index contributed by atoms with van der Waals surface area (Å²) in [7, 11) is 3.44. The van der Waals surface area contributed by atoms with Gasteiger partial charge in [0.05, 0.1) is 18.3 Å². The Kier molecular flexibility index (Phi) is 8.55. The van der Waals surface area contributed by atoms with Gasteiger partial charge in [0.25, 0.3) is 5.91 Å². The number of carbonyl (C=O) groups excluding carboxylic acids is 2. The van der Waals surface area contributed by atoms with E-state index in [1.807, 2.05) is 27.8 Å². The van der Waals surface area contributed by atoms with E-state index in [0.717, 1.165) is 5.82 Å². The van der Waals surface area contributed by atoms with E-state index in [9.17, 15) is 14.0 Å². The maximum Gasteiger partial charge on any atom is 0.407 e. The lowest BCUT2D eigenvalue weighted by Crippen LogP contribution is -2.46. The molecule has 10 nitrogen and oxygen atoms in total. The topological polar surface area (TPSA) is 111 Å². The molecule has 1 saturated heterocycles. The molecule has 210 valence electrons. The summed E-state index contributed by atoms with van der Waals surface area (Å²) in [5.74, 6) is -0.0456. The number of carbonyl (C=O) groups is 2. The van der Waals surface area contributed by atoms with Crippen LogP contribution >= 0.6 is 11.3 Å². The lowest BCUT2D eigenvalue weighted by molar-refractivity contribution is 0.0327. The first-order chi connectivity index (χ1) is 18.5. The Morgan fingerprint density at radius 2 is 1.90 bits per heavy atom. The van der Waals surface area contributed by atoms with Gasteiger partial charge in [-0.2, -0.15) is 5.10 Å². The summed E-state index contributed by atoms with van der Waals surface area (Å²) < 4.78 is 27.1. The van der Waals surface area contributed by atoms with Crippen molar-refractivity contribution in [3.63, 3.8) is 0 Å². The number of alkyl carbamates (subject to hydrolysis) is 1. The van der Waals surface area contributed by atoms with Crippen LogP contribution in [0.3, 0.4) is 0 Å². The molecular formula is C27H35FN6O4S. The molecule has 1 aliphatic heterocycles. The van der Waals surface area contributed by atoms with Gasteiger partial charge >= 0.3 is 6.09 Å². The highest BCUT2D eigenvalue weighted by molar-refractivity contribution is 7.15. The fourth-order valence-electron chi connectivity index (χ4n) is 4.63. The highest BCUT2D eigenvalue weighted by atomic mass is 32.1. The highest BCUT2D eigenvalue weighted by Gasteiger charge is 2.31. The minimum Gasteiger partial charge on any atom is -0.444 e. The lowest BCUT2D eigenvalue weighted by atomic mass is 10.1. The molecule has 0 spiro atoms. The number of hydrogen-bond donors (Lipinski definition) is 2. The van der Waals surface area contributed by atoms with E-state index in [1.54, 1.807) is 43.1 Å². The second-order valence-corrected chi connectivity index (χ2v) is 11.7. The van der Waals surface area contributed by atoms with Crippen molar-refractivity contribution in [1.29, 1.82) is 0 Å². The molecule has 1 fully saturated rings. The van der Waals surface area contributed by atoms with Gasteiger partial charge in [-0.15, -0.1) is 11.3 Å². The predicted molar refractivity (Wildman–Crippen MR) is 149 cm³/mol. The first-order valence-electron chi connectivity index (χ1n) is 12.8. The molecule has 1 aliphatic rings. The summed E-state index contributed by atoms with van der Waals surface area (Å²) in [5.41, 5.74) is 0.537. The number of aromatic nitrogens is 3. The van der Waals surface area contributed by atoms with Crippen LogP contribution in [0.2, 0.25) is 0 Å². The summed E-state index contributed by atoms with van der Waals surface area (Å²) in [5, 5.41) is 10.7. The number of amides is 2. The van der Waals surface area contributed by atoms with Gasteiger partial charge in [0, 0.05) is 37.7 Å². The van der Waals surface area contributed by atoms with Gasteiger partial charge in [-0.25, -0.2) is 14.2 Å². The Morgan fingerprint density at radius 3 is 2.59 bits per heavy atom. The van der Waals surface area contributed by atoms with Crippen LogP contribution in [0.25, 0.3) is 10.6 Å². The monoisotopic (exact) mass is 558 g/mol. The van der Waals surface area contributed by atoms with Crippen molar-refractivity contribution >= 4 is 34.8 Å². The van der Waals surface area contributed by atoms with E-state index < -0.39 is 17.6 Å². The maximum atomic E-state index is 14.3. The molecule has 0 radical (unpaired) electrons. The maximum absolute atomic E-state index is 14.3. The van der Waals surface area contributed by atoms with Crippen molar-refractivity contribution in [2.45, 2.75) is 58.3 Å². The van der Waals surface area contributed by atoms with Crippen LogP contribution in [0.4, 0.5) is 20.7 Å². The number of aryl methyl sites for hydroxylation is 2. The van der Waals surface area contributed by atoms with Gasteiger partial charge in [0.2, 0.25) is 0 Å². The molecule has 2 N–H and O–H groups in total. The van der Waals surface area contributed by atoms with Gasteiger partial charge in [-0.3, -0.25) is 9.48 Å². The van der Waals surface area contributed by atoms with Crippen LogP contribution in [0.1, 0.15) is 49.0 Å².